The van der Waals surface area contributed by atoms with E-state index >= 15 is 0 Å². The predicted molar refractivity (Wildman–Crippen MR) is 101 cm³/mol. The van der Waals surface area contributed by atoms with Crippen LogP contribution < -0.4 is 10.6 Å². The minimum Gasteiger partial charge on any atom is -0.370 e. The molecule has 1 saturated heterocycles. The topological polar surface area (TPSA) is 70.2 Å². The van der Waals surface area contributed by atoms with Gasteiger partial charge in [-0.25, -0.2) is 4.98 Å². The number of nitrogens with one attached hydrogen (secondary N) is 2. The van der Waals surface area contributed by atoms with Gasteiger partial charge in [0.25, 0.3) is 5.91 Å². The molecular weight excluding hydrogens is 361 g/mol. The Labute approximate surface area is 156 Å². The van der Waals surface area contributed by atoms with Crippen molar-refractivity contribution in [3.8, 4) is 0 Å². The summed E-state index contributed by atoms with van der Waals surface area (Å²) < 4.78 is 0. The molecule has 6 nitrogen and oxygen atoms in total. The van der Waals surface area contributed by atoms with Gasteiger partial charge in [-0.05, 0) is 32.0 Å². The van der Waals surface area contributed by atoms with Crippen molar-refractivity contribution in [2.45, 2.75) is 19.9 Å². The number of aryl methyl sites for hydroxylation is 1. The molecule has 1 aromatic heterocycles. The summed E-state index contributed by atoms with van der Waals surface area (Å²) in [7, 11) is 0. The number of anilines is 2. The number of nitrogens with zero attached hydrogens (tertiary/aromatic N) is 3. The number of rotatable bonds is 5. The number of aromatic nitrogens is 2. The number of likely N-dealkylation sites (tertiary alicyclic amines) is 1. The van der Waals surface area contributed by atoms with Crippen molar-refractivity contribution in [3.63, 3.8) is 0 Å². The summed E-state index contributed by atoms with van der Waals surface area (Å²) in [4.78, 5) is 23.0. The van der Waals surface area contributed by atoms with E-state index in [-0.39, 0.29) is 11.9 Å². The number of carbonyl (C=O) groups excluding carboxylic acids is 1. The molecule has 1 fully saturated rings. The molecule has 1 amide bonds. The highest BCUT2D eigenvalue weighted by Gasteiger charge is 2.32. The SMILES string of the molecule is CCNc1cc(C)nc(NC2CN(C(=O)c3cc(Cl)cc(Cl)c3)C2)n1. The molecule has 0 radical (unpaired) electrons. The Hall–Kier alpha value is -2.05. The summed E-state index contributed by atoms with van der Waals surface area (Å²) in [5, 5.41) is 7.35. The molecular formula is C17H19Cl2N5O. The van der Waals surface area contributed by atoms with E-state index in [2.05, 4.69) is 20.6 Å². The Bertz CT molecular complexity index is 772. The Balaban J connectivity index is 1.60. The lowest BCUT2D eigenvalue weighted by atomic mass is 10.1. The summed E-state index contributed by atoms with van der Waals surface area (Å²) in [6.07, 6.45) is 0. The molecule has 25 heavy (non-hydrogen) atoms. The first kappa shape index (κ1) is 17.8. The van der Waals surface area contributed by atoms with Crippen LogP contribution in [0.1, 0.15) is 23.0 Å². The number of hydrogen-bond acceptors (Lipinski definition) is 5. The normalized spacial score (nSPS) is 14.2. The van der Waals surface area contributed by atoms with Gasteiger partial charge in [0.05, 0.1) is 6.04 Å². The van der Waals surface area contributed by atoms with Gasteiger partial charge in [-0.3, -0.25) is 4.79 Å². The van der Waals surface area contributed by atoms with Gasteiger partial charge in [0.2, 0.25) is 5.95 Å². The van der Waals surface area contributed by atoms with E-state index in [0.717, 1.165) is 18.1 Å². The zero-order chi connectivity index (χ0) is 18.0. The molecule has 0 bridgehead atoms. The molecule has 0 atom stereocenters. The molecule has 1 aliphatic heterocycles. The fourth-order valence-corrected chi connectivity index (χ4v) is 3.21. The van der Waals surface area contributed by atoms with Gasteiger partial charge in [0, 0.05) is 47.0 Å². The van der Waals surface area contributed by atoms with Crippen molar-refractivity contribution >= 4 is 40.9 Å². The first-order valence-electron chi connectivity index (χ1n) is 8.06. The maximum absolute atomic E-state index is 12.5. The average molecular weight is 380 g/mol. The molecule has 2 heterocycles. The van der Waals surface area contributed by atoms with E-state index in [1.54, 1.807) is 23.1 Å². The number of carbonyl (C=O) groups is 1. The van der Waals surface area contributed by atoms with E-state index in [4.69, 9.17) is 23.2 Å². The van der Waals surface area contributed by atoms with Crippen molar-refractivity contribution in [2.24, 2.45) is 0 Å². The van der Waals surface area contributed by atoms with Crippen molar-refractivity contribution in [1.29, 1.82) is 0 Å². The lowest BCUT2D eigenvalue weighted by molar-refractivity contribution is 0.0624. The molecule has 1 aliphatic rings. The van der Waals surface area contributed by atoms with Crippen LogP contribution in [0.25, 0.3) is 0 Å². The third kappa shape index (κ3) is 4.32. The lowest BCUT2D eigenvalue weighted by Gasteiger charge is -2.39. The summed E-state index contributed by atoms with van der Waals surface area (Å²) in [5.74, 6) is 1.28. The Morgan fingerprint density at radius 3 is 2.52 bits per heavy atom. The fourth-order valence-electron chi connectivity index (χ4n) is 2.68. The van der Waals surface area contributed by atoms with Crippen molar-refractivity contribution in [3.05, 3.63) is 45.6 Å². The maximum atomic E-state index is 12.5. The molecule has 1 aromatic carbocycles. The number of benzene rings is 1. The van der Waals surface area contributed by atoms with E-state index in [1.807, 2.05) is 19.9 Å². The van der Waals surface area contributed by atoms with E-state index in [1.165, 1.54) is 0 Å². The Morgan fingerprint density at radius 2 is 1.88 bits per heavy atom. The predicted octanol–water partition coefficient (Wildman–Crippen LogP) is 3.46. The minimum absolute atomic E-state index is 0.0825. The zero-order valence-electron chi connectivity index (χ0n) is 14.0. The average Bonchev–Trinajstić information content (AvgIpc) is 2.48. The van der Waals surface area contributed by atoms with Gasteiger partial charge in [0.1, 0.15) is 5.82 Å². The molecule has 2 N–H and O–H groups in total. The molecule has 2 aromatic rings. The lowest BCUT2D eigenvalue weighted by Crippen LogP contribution is -2.57. The van der Waals surface area contributed by atoms with Gasteiger partial charge in [-0.1, -0.05) is 23.2 Å². The summed E-state index contributed by atoms with van der Waals surface area (Å²) in [5.41, 5.74) is 1.38. The van der Waals surface area contributed by atoms with Crippen LogP contribution in [-0.2, 0) is 0 Å². The third-order valence-electron chi connectivity index (χ3n) is 3.82. The van der Waals surface area contributed by atoms with Gasteiger partial charge >= 0.3 is 0 Å². The minimum atomic E-state index is -0.0825. The highest BCUT2D eigenvalue weighted by Crippen LogP contribution is 2.23. The van der Waals surface area contributed by atoms with Crippen LogP contribution in [0.2, 0.25) is 10.0 Å². The molecule has 0 spiro atoms. The third-order valence-corrected chi connectivity index (χ3v) is 4.26. The van der Waals surface area contributed by atoms with Gasteiger partial charge < -0.3 is 15.5 Å². The fraction of sp³-hybridized carbons (Fsp3) is 0.353. The largest absolute Gasteiger partial charge is 0.370 e. The number of halogens is 2. The second kappa shape index (κ2) is 7.45. The molecule has 0 saturated carbocycles. The first-order valence-corrected chi connectivity index (χ1v) is 8.81. The molecule has 8 heteroatoms. The second-order valence-electron chi connectivity index (χ2n) is 5.96. The zero-order valence-corrected chi connectivity index (χ0v) is 15.5. The van der Waals surface area contributed by atoms with Crippen molar-refractivity contribution in [1.82, 2.24) is 14.9 Å². The smallest absolute Gasteiger partial charge is 0.254 e. The van der Waals surface area contributed by atoms with Gasteiger partial charge in [-0.2, -0.15) is 4.98 Å². The molecule has 0 aliphatic carbocycles. The van der Waals surface area contributed by atoms with E-state index in [0.29, 0.717) is 34.6 Å². The maximum Gasteiger partial charge on any atom is 0.254 e. The highest BCUT2D eigenvalue weighted by atomic mass is 35.5. The molecule has 3 rings (SSSR count). The standard InChI is InChI=1S/C17H19Cl2N5O/c1-3-20-15-4-10(2)21-17(23-15)22-14-8-24(9-14)16(25)11-5-12(18)7-13(19)6-11/h4-7,14H,3,8-9H2,1-2H3,(H2,20,21,22,23). The van der Waals surface area contributed by atoms with Crippen LogP contribution in [0, 0.1) is 6.92 Å². The summed E-state index contributed by atoms with van der Waals surface area (Å²) in [6, 6.07) is 6.88. The number of amides is 1. The van der Waals surface area contributed by atoms with Crippen molar-refractivity contribution in [2.75, 3.05) is 30.3 Å². The quantitative estimate of drug-likeness (QED) is 0.832. The van der Waals surface area contributed by atoms with Crippen LogP contribution in [-0.4, -0.2) is 46.5 Å². The van der Waals surface area contributed by atoms with Gasteiger partial charge in [0.15, 0.2) is 0 Å². The summed E-state index contributed by atoms with van der Waals surface area (Å²) in [6.45, 7) is 5.90. The van der Waals surface area contributed by atoms with Gasteiger partial charge in [-0.15, -0.1) is 0 Å². The summed E-state index contributed by atoms with van der Waals surface area (Å²) >= 11 is 11.9. The van der Waals surface area contributed by atoms with Crippen LogP contribution in [0.15, 0.2) is 24.3 Å². The molecule has 0 unspecified atom stereocenters. The van der Waals surface area contributed by atoms with E-state index < -0.39 is 0 Å². The first-order chi connectivity index (χ1) is 11.9. The highest BCUT2D eigenvalue weighted by molar-refractivity contribution is 6.35. The monoisotopic (exact) mass is 379 g/mol. The number of hydrogen-bond donors (Lipinski definition) is 2. The van der Waals surface area contributed by atoms with Crippen molar-refractivity contribution < 1.29 is 4.79 Å². The Kier molecular flexibility index (Phi) is 5.30. The second-order valence-corrected chi connectivity index (χ2v) is 6.83. The van der Waals surface area contributed by atoms with Crippen LogP contribution >= 0.6 is 23.2 Å². The van der Waals surface area contributed by atoms with Crippen LogP contribution in [0.3, 0.4) is 0 Å². The molecule has 132 valence electrons. The van der Waals surface area contributed by atoms with Crippen LogP contribution in [0.4, 0.5) is 11.8 Å². The van der Waals surface area contributed by atoms with E-state index in [9.17, 15) is 4.79 Å². The van der Waals surface area contributed by atoms with Crippen LogP contribution in [0.5, 0.6) is 0 Å². The Morgan fingerprint density at radius 1 is 1.20 bits per heavy atom.